The topological polar surface area (TPSA) is 76.6 Å². The molecular formula is C22H17F5N2O4S. The molecule has 12 heteroatoms. The van der Waals surface area contributed by atoms with Crippen LogP contribution in [0, 0.1) is 11.6 Å². The average Bonchev–Trinajstić information content (AvgIpc) is 2.78. The summed E-state index contributed by atoms with van der Waals surface area (Å²) >= 11 is 0. The maximum absolute atomic E-state index is 14.0. The molecule has 0 aliphatic rings. The van der Waals surface area contributed by atoms with E-state index in [4.69, 9.17) is 4.74 Å². The van der Waals surface area contributed by atoms with Crippen LogP contribution >= 0.6 is 0 Å². The number of anilines is 1. The van der Waals surface area contributed by atoms with Crippen molar-refractivity contribution in [2.45, 2.75) is 11.1 Å². The summed E-state index contributed by atoms with van der Waals surface area (Å²) in [5, 5.41) is 0. The van der Waals surface area contributed by atoms with Crippen molar-refractivity contribution < 1.29 is 39.9 Å². The van der Waals surface area contributed by atoms with Crippen LogP contribution in [0.3, 0.4) is 0 Å². The zero-order valence-electron chi connectivity index (χ0n) is 17.9. The number of benzene rings is 2. The second-order valence-corrected chi connectivity index (χ2v) is 9.16. The number of rotatable bonds is 5. The lowest BCUT2D eigenvalue weighted by atomic mass is 10.0. The predicted molar refractivity (Wildman–Crippen MR) is 113 cm³/mol. The number of hydrogen-bond acceptors (Lipinski definition) is 5. The maximum atomic E-state index is 14.0. The van der Waals surface area contributed by atoms with Gasteiger partial charge in [0.1, 0.15) is 5.75 Å². The van der Waals surface area contributed by atoms with E-state index in [0.29, 0.717) is 6.26 Å². The van der Waals surface area contributed by atoms with Crippen LogP contribution in [0.15, 0.2) is 53.7 Å². The molecule has 2 aromatic carbocycles. The van der Waals surface area contributed by atoms with Gasteiger partial charge in [0, 0.05) is 36.7 Å². The van der Waals surface area contributed by atoms with Gasteiger partial charge in [0.25, 0.3) is 5.91 Å². The first kappa shape index (κ1) is 25.1. The van der Waals surface area contributed by atoms with Crippen molar-refractivity contribution in [1.82, 2.24) is 4.98 Å². The van der Waals surface area contributed by atoms with E-state index in [2.05, 4.69) is 4.98 Å². The second-order valence-electron chi connectivity index (χ2n) is 7.17. The van der Waals surface area contributed by atoms with E-state index >= 15 is 0 Å². The fourth-order valence-electron chi connectivity index (χ4n) is 3.39. The predicted octanol–water partition coefficient (Wildman–Crippen LogP) is 4.73. The molecule has 0 spiro atoms. The molecule has 0 unspecified atom stereocenters. The number of carbonyl (C=O) groups is 1. The van der Waals surface area contributed by atoms with Crippen LogP contribution < -0.4 is 9.64 Å². The van der Waals surface area contributed by atoms with Crippen molar-refractivity contribution in [3.63, 3.8) is 0 Å². The number of halogens is 5. The SMILES string of the molecule is COc1cc(F)c(F)cc1-c1ccncc1N(C)C(=O)c1cccc(S(C)(=O)=O)c1C(F)(F)F. The first-order chi connectivity index (χ1) is 15.8. The molecule has 0 bridgehead atoms. The van der Waals surface area contributed by atoms with Crippen molar-refractivity contribution in [2.75, 3.05) is 25.3 Å². The Balaban J connectivity index is 2.21. The number of aromatic nitrogens is 1. The van der Waals surface area contributed by atoms with Gasteiger partial charge in [0.2, 0.25) is 0 Å². The summed E-state index contributed by atoms with van der Waals surface area (Å²) in [5.41, 5.74) is -2.46. The highest BCUT2D eigenvalue weighted by atomic mass is 32.2. The van der Waals surface area contributed by atoms with Crippen molar-refractivity contribution in [3.8, 4) is 16.9 Å². The third kappa shape index (κ3) is 4.72. The van der Waals surface area contributed by atoms with E-state index in [1.54, 1.807) is 0 Å². The van der Waals surface area contributed by atoms with Crippen molar-refractivity contribution in [2.24, 2.45) is 0 Å². The summed E-state index contributed by atoms with van der Waals surface area (Å²) in [5.74, 6) is -3.70. The molecule has 0 N–H and O–H groups in total. The molecule has 0 saturated heterocycles. The summed E-state index contributed by atoms with van der Waals surface area (Å²) in [6.45, 7) is 0. The van der Waals surface area contributed by atoms with Gasteiger partial charge in [0.15, 0.2) is 21.5 Å². The lowest BCUT2D eigenvalue weighted by molar-refractivity contribution is -0.140. The van der Waals surface area contributed by atoms with E-state index in [-0.39, 0.29) is 22.6 Å². The molecule has 6 nitrogen and oxygen atoms in total. The fraction of sp³-hybridized carbons (Fsp3) is 0.182. The molecule has 1 amide bonds. The van der Waals surface area contributed by atoms with Gasteiger partial charge in [-0.05, 0) is 24.3 Å². The van der Waals surface area contributed by atoms with Gasteiger partial charge in [-0.2, -0.15) is 13.2 Å². The molecule has 3 rings (SSSR count). The van der Waals surface area contributed by atoms with Crippen LogP contribution in [-0.2, 0) is 16.0 Å². The van der Waals surface area contributed by atoms with Gasteiger partial charge in [-0.25, -0.2) is 17.2 Å². The number of sulfone groups is 1. The third-order valence-corrected chi connectivity index (χ3v) is 6.08. The van der Waals surface area contributed by atoms with Gasteiger partial charge in [0.05, 0.1) is 35.0 Å². The Morgan fingerprint density at radius 3 is 2.29 bits per heavy atom. The molecule has 1 aromatic heterocycles. The Morgan fingerprint density at radius 2 is 1.71 bits per heavy atom. The summed E-state index contributed by atoms with van der Waals surface area (Å²) in [6.07, 6.45) is -2.14. The number of pyridine rings is 1. The van der Waals surface area contributed by atoms with E-state index < -0.39 is 49.6 Å². The maximum Gasteiger partial charge on any atom is 0.418 e. The van der Waals surface area contributed by atoms with Gasteiger partial charge < -0.3 is 9.64 Å². The zero-order valence-corrected chi connectivity index (χ0v) is 18.8. The number of nitrogens with zero attached hydrogens (tertiary/aromatic N) is 2. The highest BCUT2D eigenvalue weighted by molar-refractivity contribution is 7.90. The Labute approximate surface area is 191 Å². The van der Waals surface area contributed by atoms with Crippen molar-refractivity contribution in [3.05, 3.63) is 71.6 Å². The zero-order chi connectivity index (χ0) is 25.4. The summed E-state index contributed by atoms with van der Waals surface area (Å²) < 4.78 is 98.2. The number of amides is 1. The standard InChI is InChI=1S/C22H17F5N2O4S/c1-29(21(30)13-5-4-6-19(34(3,31)32)20(13)22(25,26)27)17-11-28-8-7-12(17)14-9-15(23)16(24)10-18(14)33-2/h4-11H,1-3H3. The summed E-state index contributed by atoms with van der Waals surface area (Å²) in [7, 11) is -1.98. The summed E-state index contributed by atoms with van der Waals surface area (Å²) in [4.78, 5) is 16.8. The molecule has 0 aliphatic carbocycles. The molecular weight excluding hydrogens is 483 g/mol. The van der Waals surface area contributed by atoms with Gasteiger partial charge in [-0.15, -0.1) is 0 Å². The van der Waals surface area contributed by atoms with Crippen molar-refractivity contribution >= 4 is 21.4 Å². The lowest BCUT2D eigenvalue weighted by Gasteiger charge is -2.23. The molecule has 0 atom stereocenters. The Bertz CT molecular complexity index is 1370. The largest absolute Gasteiger partial charge is 0.496 e. The highest BCUT2D eigenvalue weighted by Gasteiger charge is 2.41. The first-order valence-electron chi connectivity index (χ1n) is 9.43. The first-order valence-corrected chi connectivity index (χ1v) is 11.3. The minimum atomic E-state index is -5.16. The van der Waals surface area contributed by atoms with Crippen LogP contribution in [0.25, 0.3) is 11.1 Å². The Kier molecular flexibility index (Phi) is 6.65. The molecule has 0 fully saturated rings. The quantitative estimate of drug-likeness (QED) is 0.474. The fourth-order valence-corrected chi connectivity index (χ4v) is 4.31. The molecule has 180 valence electrons. The Morgan fingerprint density at radius 1 is 1.06 bits per heavy atom. The number of alkyl halides is 3. The molecule has 1 heterocycles. The van der Waals surface area contributed by atoms with E-state index in [9.17, 15) is 35.2 Å². The minimum absolute atomic E-state index is 0.0133. The van der Waals surface area contributed by atoms with Gasteiger partial charge in [-0.3, -0.25) is 9.78 Å². The molecule has 34 heavy (non-hydrogen) atoms. The van der Waals surface area contributed by atoms with Gasteiger partial charge >= 0.3 is 6.18 Å². The minimum Gasteiger partial charge on any atom is -0.496 e. The van der Waals surface area contributed by atoms with Crippen molar-refractivity contribution in [1.29, 1.82) is 0 Å². The van der Waals surface area contributed by atoms with E-state index in [1.165, 1.54) is 19.4 Å². The molecule has 0 radical (unpaired) electrons. The van der Waals surface area contributed by atoms with Crippen LogP contribution in [0.1, 0.15) is 15.9 Å². The molecule has 0 aliphatic heterocycles. The highest BCUT2D eigenvalue weighted by Crippen LogP contribution is 2.40. The van der Waals surface area contributed by atoms with E-state index in [1.807, 2.05) is 0 Å². The van der Waals surface area contributed by atoms with Gasteiger partial charge in [-0.1, -0.05) is 6.07 Å². The smallest absolute Gasteiger partial charge is 0.418 e. The monoisotopic (exact) mass is 500 g/mol. The molecule has 0 saturated carbocycles. The van der Waals surface area contributed by atoms with E-state index in [0.717, 1.165) is 48.5 Å². The summed E-state index contributed by atoms with van der Waals surface area (Å²) in [6, 6.07) is 5.58. The second kappa shape index (κ2) is 9.01. The number of carbonyl (C=O) groups excluding carboxylic acids is 1. The number of hydrogen-bond donors (Lipinski definition) is 0. The average molecular weight is 500 g/mol. The normalized spacial score (nSPS) is 11.9. The number of methoxy groups -OCH3 is 1. The van der Waals surface area contributed by atoms with Crippen LogP contribution in [0.2, 0.25) is 0 Å². The third-order valence-electron chi connectivity index (χ3n) is 4.94. The number of ether oxygens (including phenoxy) is 1. The Hall–Kier alpha value is -3.54. The van der Waals surface area contributed by atoms with Crippen LogP contribution in [-0.4, -0.2) is 39.7 Å². The molecule has 3 aromatic rings. The van der Waals surface area contributed by atoms with Crippen LogP contribution in [0.4, 0.5) is 27.6 Å². The van der Waals surface area contributed by atoms with Crippen LogP contribution in [0.5, 0.6) is 5.75 Å². The lowest BCUT2D eigenvalue weighted by Crippen LogP contribution is -2.30.